The van der Waals surface area contributed by atoms with Gasteiger partial charge in [-0.05, 0) is 36.8 Å². The largest absolute Gasteiger partial charge is 0.399 e. The van der Waals surface area contributed by atoms with Crippen LogP contribution in [0.3, 0.4) is 0 Å². The van der Waals surface area contributed by atoms with E-state index >= 15 is 0 Å². The van der Waals surface area contributed by atoms with Gasteiger partial charge in [0.1, 0.15) is 0 Å². The summed E-state index contributed by atoms with van der Waals surface area (Å²) in [5.41, 5.74) is 8.55. The number of para-hydroxylation sites is 1. The summed E-state index contributed by atoms with van der Waals surface area (Å²) in [5.74, 6) is -0.130. The number of rotatable bonds is 4. The van der Waals surface area contributed by atoms with Crippen molar-refractivity contribution in [2.24, 2.45) is 0 Å². The van der Waals surface area contributed by atoms with E-state index < -0.39 is 0 Å². The number of nitrogens with zero attached hydrogens (tertiary/aromatic N) is 2. The van der Waals surface area contributed by atoms with Crippen LogP contribution in [-0.4, -0.2) is 54.3 Å². The number of nitrogens with two attached hydrogens (primary N) is 1. The molecule has 0 aromatic heterocycles. The zero-order valence-electron chi connectivity index (χ0n) is 16.1. The summed E-state index contributed by atoms with van der Waals surface area (Å²) in [6.45, 7) is 4.61. The molecule has 158 valence electrons. The summed E-state index contributed by atoms with van der Waals surface area (Å²) < 4.78 is 0. The highest BCUT2D eigenvalue weighted by Gasteiger charge is 2.24. The zero-order chi connectivity index (χ0) is 19.4. The molecule has 29 heavy (non-hydrogen) atoms. The minimum Gasteiger partial charge on any atom is -0.399 e. The van der Waals surface area contributed by atoms with Crippen molar-refractivity contribution in [3.05, 3.63) is 58.6 Å². The van der Waals surface area contributed by atoms with Crippen LogP contribution in [0.1, 0.15) is 15.9 Å². The molecule has 2 aromatic rings. The topological polar surface area (TPSA) is 78.7 Å². The number of nitrogen functional groups attached to an aromatic ring is 1. The fourth-order valence-electron chi connectivity index (χ4n) is 3.10. The zero-order valence-corrected chi connectivity index (χ0v) is 18.4. The van der Waals surface area contributed by atoms with E-state index in [0.29, 0.717) is 48.1 Å². The monoisotopic (exact) mass is 458 g/mol. The van der Waals surface area contributed by atoms with Gasteiger partial charge < -0.3 is 16.0 Å². The van der Waals surface area contributed by atoms with Crippen molar-refractivity contribution in [1.29, 1.82) is 0 Å². The maximum absolute atomic E-state index is 12.7. The molecule has 3 rings (SSSR count). The first-order valence-electron chi connectivity index (χ1n) is 8.86. The van der Waals surface area contributed by atoms with E-state index in [-0.39, 0.29) is 43.2 Å². The lowest BCUT2D eigenvalue weighted by Crippen LogP contribution is -2.50. The summed E-state index contributed by atoms with van der Waals surface area (Å²) in [7, 11) is 0. The average molecular weight is 460 g/mol. The second-order valence-electron chi connectivity index (χ2n) is 6.67. The van der Waals surface area contributed by atoms with Crippen LogP contribution < -0.4 is 11.1 Å². The van der Waals surface area contributed by atoms with Crippen molar-refractivity contribution in [2.45, 2.75) is 6.92 Å². The van der Waals surface area contributed by atoms with E-state index in [4.69, 9.17) is 17.3 Å². The van der Waals surface area contributed by atoms with Crippen LogP contribution in [0.5, 0.6) is 0 Å². The predicted octanol–water partition coefficient (Wildman–Crippen LogP) is 3.47. The van der Waals surface area contributed by atoms with Crippen molar-refractivity contribution >= 4 is 59.6 Å². The standard InChI is InChI=1S/C20H23ClN4O2.2ClH/c1-14-6-7-15(22)12-16(14)20(27)25-10-8-24(9-11-25)13-19(26)23-18-5-3-2-4-17(18)21;;/h2-7,12H,8-11,13,22H2,1H3,(H,23,26);2*1H. The van der Waals surface area contributed by atoms with Gasteiger partial charge >= 0.3 is 0 Å². The van der Waals surface area contributed by atoms with Crippen molar-refractivity contribution in [3.63, 3.8) is 0 Å². The molecule has 0 radical (unpaired) electrons. The van der Waals surface area contributed by atoms with Crippen LogP contribution in [0.15, 0.2) is 42.5 Å². The molecule has 0 aliphatic carbocycles. The molecule has 1 fully saturated rings. The lowest BCUT2D eigenvalue weighted by Gasteiger charge is -2.34. The Morgan fingerprint density at radius 3 is 2.38 bits per heavy atom. The van der Waals surface area contributed by atoms with Crippen LogP contribution in [0.25, 0.3) is 0 Å². The van der Waals surface area contributed by atoms with Crippen LogP contribution in [-0.2, 0) is 4.79 Å². The third-order valence-corrected chi connectivity index (χ3v) is 5.00. The minimum absolute atomic E-state index is 0. The smallest absolute Gasteiger partial charge is 0.254 e. The van der Waals surface area contributed by atoms with Crippen molar-refractivity contribution < 1.29 is 9.59 Å². The Balaban J connectivity index is 0.00000210. The molecule has 0 unspecified atom stereocenters. The number of piperazine rings is 1. The van der Waals surface area contributed by atoms with E-state index in [1.165, 1.54) is 0 Å². The van der Waals surface area contributed by atoms with Gasteiger partial charge in [0.15, 0.2) is 0 Å². The molecule has 2 aromatic carbocycles. The lowest BCUT2D eigenvalue weighted by atomic mass is 10.1. The van der Waals surface area contributed by atoms with Gasteiger partial charge in [0.2, 0.25) is 5.91 Å². The van der Waals surface area contributed by atoms with Crippen molar-refractivity contribution in [2.75, 3.05) is 43.8 Å². The van der Waals surface area contributed by atoms with E-state index in [1.54, 1.807) is 24.3 Å². The van der Waals surface area contributed by atoms with Crippen LogP contribution >= 0.6 is 36.4 Å². The molecule has 1 saturated heterocycles. The third-order valence-electron chi connectivity index (χ3n) is 4.67. The first kappa shape index (κ1) is 25.0. The Hall–Kier alpha value is -1.99. The van der Waals surface area contributed by atoms with E-state index in [1.807, 2.05) is 34.9 Å². The molecule has 1 aliphatic heterocycles. The molecule has 1 heterocycles. The van der Waals surface area contributed by atoms with E-state index in [9.17, 15) is 9.59 Å². The van der Waals surface area contributed by atoms with Crippen molar-refractivity contribution in [1.82, 2.24) is 9.80 Å². The molecule has 9 heteroatoms. The molecule has 1 aliphatic rings. The Morgan fingerprint density at radius 1 is 1.07 bits per heavy atom. The molecule has 0 spiro atoms. The molecule has 0 atom stereocenters. The van der Waals surface area contributed by atoms with Crippen LogP contribution in [0.2, 0.25) is 5.02 Å². The van der Waals surface area contributed by atoms with Gasteiger partial charge in [0.25, 0.3) is 5.91 Å². The number of amides is 2. The summed E-state index contributed by atoms with van der Waals surface area (Å²) in [6.07, 6.45) is 0. The van der Waals surface area contributed by atoms with E-state index in [0.717, 1.165) is 5.56 Å². The van der Waals surface area contributed by atoms with Gasteiger partial charge in [-0.1, -0.05) is 29.8 Å². The molecule has 3 N–H and O–H groups in total. The highest BCUT2D eigenvalue weighted by molar-refractivity contribution is 6.33. The Morgan fingerprint density at radius 2 is 1.72 bits per heavy atom. The SMILES string of the molecule is Cc1ccc(N)cc1C(=O)N1CCN(CC(=O)Nc2ccccc2Cl)CC1.Cl.Cl. The molecule has 2 amide bonds. The predicted molar refractivity (Wildman–Crippen MR) is 123 cm³/mol. The van der Waals surface area contributed by atoms with Crippen molar-refractivity contribution in [3.8, 4) is 0 Å². The molecule has 0 bridgehead atoms. The second-order valence-corrected chi connectivity index (χ2v) is 7.08. The number of halogens is 3. The Bertz CT molecular complexity index is 855. The number of anilines is 2. The molecular weight excluding hydrogens is 435 g/mol. The number of carbonyl (C=O) groups excluding carboxylic acids is 2. The highest BCUT2D eigenvalue weighted by Crippen LogP contribution is 2.20. The fraction of sp³-hybridized carbons (Fsp3) is 0.300. The van der Waals surface area contributed by atoms with E-state index in [2.05, 4.69) is 5.32 Å². The lowest BCUT2D eigenvalue weighted by molar-refractivity contribution is -0.117. The minimum atomic E-state index is -0.116. The summed E-state index contributed by atoms with van der Waals surface area (Å²) in [6, 6.07) is 12.5. The summed E-state index contributed by atoms with van der Waals surface area (Å²) in [5, 5.41) is 3.34. The van der Waals surface area contributed by atoms with Gasteiger partial charge in [-0.2, -0.15) is 0 Å². The first-order chi connectivity index (χ1) is 12.9. The Kier molecular flexibility index (Phi) is 9.73. The molecule has 0 saturated carbocycles. The second kappa shape index (κ2) is 11.3. The number of nitrogens with one attached hydrogen (secondary N) is 1. The number of hydrogen-bond acceptors (Lipinski definition) is 4. The van der Waals surface area contributed by atoms with Gasteiger partial charge in [-0.3, -0.25) is 14.5 Å². The first-order valence-corrected chi connectivity index (χ1v) is 9.24. The van der Waals surface area contributed by atoms with Gasteiger partial charge in [-0.15, -0.1) is 24.8 Å². The molecule has 6 nitrogen and oxygen atoms in total. The number of benzene rings is 2. The van der Waals surface area contributed by atoms with Gasteiger partial charge in [0, 0.05) is 37.4 Å². The average Bonchev–Trinajstić information content (AvgIpc) is 2.65. The molecular formula is C20H25Cl3N4O2. The Labute approximate surface area is 188 Å². The normalized spacial score (nSPS) is 13.8. The summed E-state index contributed by atoms with van der Waals surface area (Å²) in [4.78, 5) is 28.8. The van der Waals surface area contributed by atoms with Gasteiger partial charge in [0.05, 0.1) is 17.3 Å². The number of aryl methyl sites for hydroxylation is 1. The number of carbonyl (C=O) groups is 2. The maximum Gasteiger partial charge on any atom is 0.254 e. The fourth-order valence-corrected chi connectivity index (χ4v) is 3.29. The van der Waals surface area contributed by atoms with Crippen LogP contribution in [0.4, 0.5) is 11.4 Å². The van der Waals surface area contributed by atoms with Gasteiger partial charge in [-0.25, -0.2) is 0 Å². The van der Waals surface area contributed by atoms with Crippen LogP contribution in [0, 0.1) is 6.92 Å². The maximum atomic E-state index is 12.7. The quantitative estimate of drug-likeness (QED) is 0.686. The number of hydrogen-bond donors (Lipinski definition) is 2. The summed E-state index contributed by atoms with van der Waals surface area (Å²) >= 11 is 6.07. The highest BCUT2D eigenvalue weighted by atomic mass is 35.5. The third kappa shape index (κ3) is 6.51.